The highest BCUT2D eigenvalue weighted by molar-refractivity contribution is 7.09. The molecule has 0 radical (unpaired) electrons. The number of halogens is 2. The summed E-state index contributed by atoms with van der Waals surface area (Å²) in [5, 5.41) is 17.3. The second-order valence-corrected chi connectivity index (χ2v) is 7.70. The van der Waals surface area contributed by atoms with Crippen LogP contribution in [0, 0.1) is 6.92 Å². The maximum absolute atomic E-state index is 6.12. The largest absolute Gasteiger partial charge is 0.351 e. The summed E-state index contributed by atoms with van der Waals surface area (Å²) in [6.45, 7) is 2.67. The summed E-state index contributed by atoms with van der Waals surface area (Å²) in [6.07, 6.45) is 0. The van der Waals surface area contributed by atoms with E-state index in [1.54, 1.807) is 34.1 Å². The lowest BCUT2D eigenvalue weighted by Crippen LogP contribution is -2.18. The minimum Gasteiger partial charge on any atom is -0.351 e. The van der Waals surface area contributed by atoms with E-state index < -0.39 is 0 Å². The molecule has 0 spiro atoms. The first-order valence-corrected chi connectivity index (χ1v) is 9.44. The smallest absolute Gasteiger partial charge is 0.185 e. The SMILES string of the molecule is Cc1csc(CN(C)c2ccc3nnc(-c4cc(Cl)cc(Cl)c4)n3n2)n1. The van der Waals surface area contributed by atoms with Gasteiger partial charge in [0.15, 0.2) is 11.5 Å². The number of thiazole rings is 1. The normalized spacial score (nSPS) is 11.2. The van der Waals surface area contributed by atoms with E-state index in [9.17, 15) is 0 Å². The summed E-state index contributed by atoms with van der Waals surface area (Å²) in [7, 11) is 1.98. The fraction of sp³-hybridized carbons (Fsp3) is 0.176. The van der Waals surface area contributed by atoms with Gasteiger partial charge in [0.05, 0.1) is 6.54 Å². The van der Waals surface area contributed by atoms with Crippen LogP contribution in [0.25, 0.3) is 17.0 Å². The van der Waals surface area contributed by atoms with Crippen molar-refractivity contribution in [3.8, 4) is 11.4 Å². The molecule has 4 rings (SSSR count). The van der Waals surface area contributed by atoms with Gasteiger partial charge in [0.2, 0.25) is 0 Å². The van der Waals surface area contributed by atoms with Gasteiger partial charge in [-0.3, -0.25) is 0 Å². The van der Waals surface area contributed by atoms with Crippen molar-refractivity contribution >= 4 is 46.0 Å². The van der Waals surface area contributed by atoms with Gasteiger partial charge in [0, 0.05) is 33.7 Å². The first-order valence-electron chi connectivity index (χ1n) is 7.81. The van der Waals surface area contributed by atoms with Crippen LogP contribution < -0.4 is 4.90 Å². The lowest BCUT2D eigenvalue weighted by Gasteiger charge is -2.16. The van der Waals surface area contributed by atoms with E-state index in [0.29, 0.717) is 28.1 Å². The first-order chi connectivity index (χ1) is 12.5. The fourth-order valence-electron chi connectivity index (χ4n) is 2.60. The Morgan fingerprint density at radius 1 is 1.12 bits per heavy atom. The summed E-state index contributed by atoms with van der Waals surface area (Å²) < 4.78 is 1.70. The summed E-state index contributed by atoms with van der Waals surface area (Å²) in [5.74, 6) is 1.38. The quantitative estimate of drug-likeness (QED) is 0.500. The minimum atomic E-state index is 0.539. The Bertz CT molecular complexity index is 1070. The topological polar surface area (TPSA) is 59.2 Å². The number of aryl methyl sites for hydroxylation is 1. The highest BCUT2D eigenvalue weighted by Gasteiger charge is 2.13. The molecule has 132 valence electrons. The van der Waals surface area contributed by atoms with Gasteiger partial charge >= 0.3 is 0 Å². The molecule has 26 heavy (non-hydrogen) atoms. The summed E-state index contributed by atoms with van der Waals surface area (Å²) >= 11 is 13.9. The van der Waals surface area contributed by atoms with Crippen molar-refractivity contribution in [3.63, 3.8) is 0 Å². The Kier molecular flexibility index (Phi) is 4.52. The predicted octanol–water partition coefficient (Wildman–Crippen LogP) is 4.50. The molecule has 0 N–H and O–H groups in total. The average Bonchev–Trinajstić information content (AvgIpc) is 3.19. The number of rotatable bonds is 4. The van der Waals surface area contributed by atoms with Crippen LogP contribution >= 0.6 is 34.5 Å². The molecule has 9 heteroatoms. The zero-order valence-electron chi connectivity index (χ0n) is 14.0. The molecule has 0 aliphatic carbocycles. The number of fused-ring (bicyclic) bond motifs is 1. The zero-order chi connectivity index (χ0) is 18.3. The van der Waals surface area contributed by atoms with E-state index in [-0.39, 0.29) is 0 Å². The summed E-state index contributed by atoms with van der Waals surface area (Å²) in [4.78, 5) is 6.54. The fourth-order valence-corrected chi connectivity index (χ4v) is 3.96. The van der Waals surface area contributed by atoms with Crippen LogP contribution in [-0.4, -0.2) is 31.8 Å². The van der Waals surface area contributed by atoms with Gasteiger partial charge in [0.1, 0.15) is 10.8 Å². The van der Waals surface area contributed by atoms with E-state index in [4.69, 9.17) is 23.2 Å². The van der Waals surface area contributed by atoms with E-state index >= 15 is 0 Å². The Hall–Kier alpha value is -2.22. The monoisotopic (exact) mass is 404 g/mol. The highest BCUT2D eigenvalue weighted by atomic mass is 35.5. The third-order valence-corrected chi connectivity index (χ3v) is 5.19. The number of aromatic nitrogens is 5. The molecular formula is C17H14Cl2N6S. The molecule has 0 amide bonds. The molecule has 0 saturated heterocycles. The van der Waals surface area contributed by atoms with Crippen LogP contribution in [0.1, 0.15) is 10.7 Å². The number of benzene rings is 1. The standard InChI is InChI=1S/C17H14Cl2N6S/c1-10-9-26-16(20-10)8-24(2)15-4-3-14-21-22-17(25(14)23-15)11-5-12(18)7-13(19)6-11/h3-7,9H,8H2,1-2H3. The second-order valence-electron chi connectivity index (χ2n) is 5.88. The number of nitrogens with zero attached hydrogens (tertiary/aromatic N) is 6. The first kappa shape index (κ1) is 17.2. The van der Waals surface area contributed by atoms with Gasteiger partial charge in [-0.15, -0.1) is 26.6 Å². The van der Waals surface area contributed by atoms with E-state index in [2.05, 4.69) is 20.3 Å². The van der Waals surface area contributed by atoms with Crippen LogP contribution in [0.2, 0.25) is 10.0 Å². The lowest BCUT2D eigenvalue weighted by molar-refractivity contribution is 0.835. The van der Waals surface area contributed by atoms with Crippen LogP contribution in [0.5, 0.6) is 0 Å². The molecule has 4 aromatic rings. The van der Waals surface area contributed by atoms with Crippen LogP contribution in [0.3, 0.4) is 0 Å². The van der Waals surface area contributed by atoms with Gasteiger partial charge in [-0.1, -0.05) is 23.2 Å². The molecule has 1 aromatic carbocycles. The van der Waals surface area contributed by atoms with E-state index in [0.717, 1.165) is 22.1 Å². The van der Waals surface area contributed by atoms with E-state index in [1.165, 1.54) is 0 Å². The molecule has 0 aliphatic rings. The molecule has 0 aliphatic heterocycles. The Balaban J connectivity index is 1.72. The van der Waals surface area contributed by atoms with Gasteiger partial charge in [-0.05, 0) is 37.3 Å². The van der Waals surface area contributed by atoms with Crippen LogP contribution in [-0.2, 0) is 6.54 Å². The van der Waals surface area contributed by atoms with Gasteiger partial charge in [-0.2, -0.15) is 4.52 Å². The zero-order valence-corrected chi connectivity index (χ0v) is 16.3. The summed E-state index contributed by atoms with van der Waals surface area (Å²) in [6, 6.07) is 9.06. The molecule has 0 bridgehead atoms. The number of anilines is 1. The van der Waals surface area contributed by atoms with Crippen molar-refractivity contribution in [2.75, 3.05) is 11.9 Å². The van der Waals surface area contributed by atoms with Crippen LogP contribution in [0.4, 0.5) is 5.82 Å². The molecule has 0 atom stereocenters. The van der Waals surface area contributed by atoms with Gasteiger partial charge < -0.3 is 4.90 Å². The molecule has 0 saturated carbocycles. The lowest BCUT2D eigenvalue weighted by atomic mass is 10.2. The third kappa shape index (κ3) is 3.38. The predicted molar refractivity (Wildman–Crippen MR) is 105 cm³/mol. The molecule has 3 aromatic heterocycles. The van der Waals surface area contributed by atoms with Crippen molar-refractivity contribution < 1.29 is 0 Å². The Morgan fingerprint density at radius 2 is 1.88 bits per heavy atom. The summed E-state index contributed by atoms with van der Waals surface area (Å²) in [5.41, 5.74) is 2.44. The average molecular weight is 405 g/mol. The molecule has 6 nitrogen and oxygen atoms in total. The molecular weight excluding hydrogens is 391 g/mol. The van der Waals surface area contributed by atoms with E-state index in [1.807, 2.05) is 36.4 Å². The second kappa shape index (κ2) is 6.83. The maximum atomic E-state index is 6.12. The number of hydrogen-bond donors (Lipinski definition) is 0. The Labute approximate surface area is 164 Å². The third-order valence-electron chi connectivity index (χ3n) is 3.80. The molecule has 3 heterocycles. The Morgan fingerprint density at radius 3 is 2.58 bits per heavy atom. The van der Waals surface area contributed by atoms with Crippen molar-refractivity contribution in [1.29, 1.82) is 0 Å². The molecule has 0 fully saturated rings. The highest BCUT2D eigenvalue weighted by Crippen LogP contribution is 2.26. The van der Waals surface area contributed by atoms with Gasteiger partial charge in [-0.25, -0.2) is 4.98 Å². The maximum Gasteiger partial charge on any atom is 0.185 e. The van der Waals surface area contributed by atoms with Crippen molar-refractivity contribution in [3.05, 3.63) is 56.5 Å². The number of hydrogen-bond acceptors (Lipinski definition) is 6. The van der Waals surface area contributed by atoms with Crippen molar-refractivity contribution in [2.24, 2.45) is 0 Å². The van der Waals surface area contributed by atoms with Crippen molar-refractivity contribution in [2.45, 2.75) is 13.5 Å². The van der Waals surface area contributed by atoms with Crippen LogP contribution in [0.15, 0.2) is 35.7 Å². The minimum absolute atomic E-state index is 0.539. The van der Waals surface area contributed by atoms with Gasteiger partial charge in [0.25, 0.3) is 0 Å². The van der Waals surface area contributed by atoms with Crippen molar-refractivity contribution in [1.82, 2.24) is 24.8 Å². The molecule has 0 unspecified atom stereocenters.